The molecule has 1 aliphatic heterocycles. The first kappa shape index (κ1) is 5.94. The Morgan fingerprint density at radius 2 is 2.00 bits per heavy atom. The van der Waals surface area contributed by atoms with Crippen LogP contribution in [0.3, 0.4) is 0 Å². The van der Waals surface area contributed by atoms with Crippen molar-refractivity contribution in [3.05, 3.63) is 12.6 Å². The van der Waals surface area contributed by atoms with Gasteiger partial charge in [-0.15, -0.1) is 6.58 Å². The molecular formula is C2H6B3N3. The fraction of sp³-hybridized carbons (Fsp3) is 0. The molecule has 0 aromatic heterocycles. The summed E-state index contributed by atoms with van der Waals surface area (Å²) in [5, 5.41) is 8.77. The molecule has 3 N–H and O–H groups in total. The van der Waals surface area contributed by atoms with Gasteiger partial charge in [-0.25, -0.2) is 0 Å². The van der Waals surface area contributed by atoms with Crippen molar-refractivity contribution in [2.45, 2.75) is 0 Å². The Kier molecular flexibility index (Phi) is 2.20. The third-order valence-electron chi connectivity index (χ3n) is 0.928. The van der Waals surface area contributed by atoms with Crippen molar-refractivity contribution >= 4 is 22.1 Å². The maximum atomic E-state index is 3.59. The zero-order valence-electron chi connectivity index (χ0n) is 4.52. The van der Waals surface area contributed by atoms with Crippen molar-refractivity contribution in [3.63, 3.8) is 0 Å². The fourth-order valence-corrected chi connectivity index (χ4v) is 0.502. The van der Waals surface area contributed by atoms with Crippen molar-refractivity contribution in [2.75, 3.05) is 0 Å². The van der Waals surface area contributed by atoms with E-state index in [-0.39, 0.29) is 6.98 Å². The van der Waals surface area contributed by atoms with E-state index in [1.54, 1.807) is 21.1 Å². The average molecular weight is 105 g/mol. The standard InChI is InChI=1S/C2H6B3N3/c1-2-5-7-3-6-4-8-5/h2,6-8H,1H2. The molecule has 38 valence electrons. The highest BCUT2D eigenvalue weighted by Crippen LogP contribution is 1.70. The lowest BCUT2D eigenvalue weighted by Gasteiger charge is -2.16. The highest BCUT2D eigenvalue weighted by Gasteiger charge is 2.13. The minimum absolute atomic E-state index is 0.177. The Morgan fingerprint density at radius 3 is 2.38 bits per heavy atom. The predicted molar refractivity (Wildman–Crippen MR) is 36.9 cm³/mol. The van der Waals surface area contributed by atoms with Gasteiger partial charge in [0.25, 0.3) is 15.1 Å². The van der Waals surface area contributed by atoms with Gasteiger partial charge in [-0.3, -0.25) is 0 Å². The van der Waals surface area contributed by atoms with Crippen LogP contribution in [0.4, 0.5) is 0 Å². The molecular weight excluding hydrogens is 98.5 g/mol. The van der Waals surface area contributed by atoms with Gasteiger partial charge in [0.1, 0.15) is 0 Å². The van der Waals surface area contributed by atoms with E-state index in [0.29, 0.717) is 0 Å². The normalized spacial score (nSPS) is 18.8. The lowest BCUT2D eigenvalue weighted by Crippen LogP contribution is -2.62. The molecule has 1 rings (SSSR count). The Bertz CT molecular complexity index is 80.6. The Morgan fingerprint density at radius 1 is 1.38 bits per heavy atom. The van der Waals surface area contributed by atoms with Crippen molar-refractivity contribution in [1.82, 2.24) is 15.4 Å². The van der Waals surface area contributed by atoms with Gasteiger partial charge in [0, 0.05) is 0 Å². The van der Waals surface area contributed by atoms with Crippen LogP contribution < -0.4 is 15.4 Å². The molecule has 0 unspecified atom stereocenters. The first-order valence-electron chi connectivity index (χ1n) is 2.47. The molecule has 1 fully saturated rings. The summed E-state index contributed by atoms with van der Waals surface area (Å²) in [6.45, 7) is 3.77. The van der Waals surface area contributed by atoms with E-state index >= 15 is 0 Å². The number of hydrogen-bond donors (Lipinski definition) is 3. The van der Waals surface area contributed by atoms with E-state index in [9.17, 15) is 0 Å². The van der Waals surface area contributed by atoms with Gasteiger partial charge in [0.15, 0.2) is 0 Å². The Hall–Kier alpha value is -0.185. The maximum absolute atomic E-state index is 3.59. The molecule has 0 aromatic rings. The second-order valence-corrected chi connectivity index (χ2v) is 1.50. The van der Waals surface area contributed by atoms with Crippen LogP contribution in [0.15, 0.2) is 12.6 Å². The van der Waals surface area contributed by atoms with Crippen molar-refractivity contribution in [1.29, 1.82) is 0 Å². The molecule has 1 saturated heterocycles. The van der Waals surface area contributed by atoms with Crippen molar-refractivity contribution in [2.24, 2.45) is 0 Å². The fourth-order valence-electron chi connectivity index (χ4n) is 0.502. The topological polar surface area (TPSA) is 36.1 Å². The molecule has 3 nitrogen and oxygen atoms in total. The van der Waals surface area contributed by atoms with Gasteiger partial charge in [0.2, 0.25) is 0 Å². The summed E-state index contributed by atoms with van der Waals surface area (Å²) in [7, 11) is 3.51. The maximum Gasteiger partial charge on any atom is 0.311 e. The van der Waals surface area contributed by atoms with Crippen molar-refractivity contribution < 1.29 is 0 Å². The molecule has 0 atom stereocenters. The molecule has 8 heavy (non-hydrogen) atoms. The largest absolute Gasteiger partial charge is 0.379 e. The summed E-state index contributed by atoms with van der Waals surface area (Å²) < 4.78 is 0. The van der Waals surface area contributed by atoms with Crippen LogP contribution in [0.25, 0.3) is 0 Å². The van der Waals surface area contributed by atoms with Crippen LogP contribution in [0, 0.1) is 0 Å². The predicted octanol–water partition coefficient (Wildman–Crippen LogP) is -1.95. The summed E-state index contributed by atoms with van der Waals surface area (Å²) >= 11 is 0. The second-order valence-electron chi connectivity index (χ2n) is 1.50. The van der Waals surface area contributed by atoms with Gasteiger partial charge in [-0.05, 0) is 0 Å². The summed E-state index contributed by atoms with van der Waals surface area (Å²) in [5.74, 6) is 1.79. The van der Waals surface area contributed by atoms with Gasteiger partial charge in [-0.2, -0.15) is 0 Å². The molecule has 6 heteroatoms. The van der Waals surface area contributed by atoms with Gasteiger partial charge in [0.05, 0.1) is 0 Å². The second kappa shape index (κ2) is 2.97. The van der Waals surface area contributed by atoms with Gasteiger partial charge >= 0.3 is 6.98 Å². The van der Waals surface area contributed by atoms with Crippen LogP contribution in [-0.2, 0) is 0 Å². The van der Waals surface area contributed by atoms with E-state index < -0.39 is 0 Å². The van der Waals surface area contributed by atoms with Crippen LogP contribution in [0.2, 0.25) is 0 Å². The van der Waals surface area contributed by atoms with Gasteiger partial charge in [-0.1, -0.05) is 5.98 Å². The molecule has 0 bridgehead atoms. The summed E-state index contributed by atoms with van der Waals surface area (Å²) in [4.78, 5) is 0. The zero-order valence-corrected chi connectivity index (χ0v) is 4.52. The van der Waals surface area contributed by atoms with E-state index in [1.807, 2.05) is 0 Å². The lowest BCUT2D eigenvalue weighted by molar-refractivity contribution is 1.25. The zero-order chi connectivity index (χ0) is 5.82. The first-order chi connectivity index (χ1) is 3.93. The highest BCUT2D eigenvalue weighted by molar-refractivity contribution is 6.77. The quantitative estimate of drug-likeness (QED) is 0.339. The average Bonchev–Trinajstić information content (AvgIpc) is 1.90. The molecule has 1 heterocycles. The molecule has 1 aliphatic rings. The van der Waals surface area contributed by atoms with Crippen LogP contribution >= 0.6 is 0 Å². The molecule has 2 radical (unpaired) electrons. The lowest BCUT2D eigenvalue weighted by atomic mass is 9.66. The summed E-state index contributed by atoms with van der Waals surface area (Å²) in [6.07, 6.45) is 0. The van der Waals surface area contributed by atoms with E-state index in [1.165, 1.54) is 0 Å². The third-order valence-corrected chi connectivity index (χ3v) is 0.928. The van der Waals surface area contributed by atoms with E-state index in [2.05, 4.69) is 22.0 Å². The molecule has 0 amide bonds. The van der Waals surface area contributed by atoms with Crippen molar-refractivity contribution in [3.8, 4) is 0 Å². The highest BCUT2D eigenvalue weighted by atomic mass is 15.0. The Balaban J connectivity index is 2.22. The minimum atomic E-state index is 0.177. The summed E-state index contributed by atoms with van der Waals surface area (Å²) in [6, 6.07) is 0. The van der Waals surface area contributed by atoms with Crippen LogP contribution in [-0.4, -0.2) is 22.1 Å². The molecule has 0 aromatic carbocycles. The first-order valence-corrected chi connectivity index (χ1v) is 2.47. The SMILES string of the molecule is C=CB1N[B]N[B]N1. The van der Waals surface area contributed by atoms with E-state index in [0.717, 1.165) is 0 Å². The number of nitrogens with one attached hydrogen (secondary N) is 3. The van der Waals surface area contributed by atoms with Crippen LogP contribution in [0.1, 0.15) is 0 Å². The van der Waals surface area contributed by atoms with Crippen LogP contribution in [0.5, 0.6) is 0 Å². The molecule has 0 aliphatic carbocycles. The summed E-state index contributed by atoms with van der Waals surface area (Å²) in [5.41, 5.74) is 0. The number of rotatable bonds is 1. The molecule has 0 spiro atoms. The smallest absolute Gasteiger partial charge is 0.311 e. The van der Waals surface area contributed by atoms with Gasteiger partial charge < -0.3 is 15.4 Å². The minimum Gasteiger partial charge on any atom is -0.379 e. The molecule has 0 saturated carbocycles. The Labute approximate surface area is 51.0 Å². The third kappa shape index (κ3) is 1.40. The number of hydrogen-bond acceptors (Lipinski definition) is 3. The monoisotopic (exact) mass is 105 g/mol. The van der Waals surface area contributed by atoms with E-state index in [4.69, 9.17) is 0 Å².